The molecule has 0 saturated heterocycles. The maximum absolute atomic E-state index is 6.15. The lowest BCUT2D eigenvalue weighted by atomic mass is 10.3. The van der Waals surface area contributed by atoms with E-state index < -0.39 is 0 Å². The fraction of sp³-hybridized carbons (Fsp3) is 0.214. The number of rotatable bonds is 5. The van der Waals surface area contributed by atoms with E-state index in [1.165, 1.54) is 0 Å². The van der Waals surface area contributed by atoms with Gasteiger partial charge >= 0.3 is 0 Å². The highest BCUT2D eigenvalue weighted by atomic mass is 35.5. The number of hydrogen-bond donors (Lipinski definition) is 1. The Morgan fingerprint density at radius 1 is 1.26 bits per heavy atom. The zero-order chi connectivity index (χ0) is 13.7. The predicted octanol–water partition coefficient (Wildman–Crippen LogP) is 5.11. The van der Waals surface area contributed by atoms with E-state index in [-0.39, 0.29) is 0 Å². The number of nitrogens with one attached hydrogen (secondary N) is 1. The summed E-state index contributed by atoms with van der Waals surface area (Å²) in [5.74, 6) is 1.73. The third-order valence-electron chi connectivity index (χ3n) is 2.51. The Balaban J connectivity index is 2.12. The normalized spacial score (nSPS) is 10.5. The van der Waals surface area contributed by atoms with Gasteiger partial charge in [-0.2, -0.15) is 0 Å². The van der Waals surface area contributed by atoms with Crippen LogP contribution < -0.4 is 5.32 Å². The molecule has 0 atom stereocenters. The van der Waals surface area contributed by atoms with Gasteiger partial charge in [0.25, 0.3) is 0 Å². The van der Waals surface area contributed by atoms with Crippen molar-refractivity contribution < 1.29 is 0 Å². The summed E-state index contributed by atoms with van der Waals surface area (Å²) in [5.41, 5.74) is 1.16. The van der Waals surface area contributed by atoms with Crippen LogP contribution in [0.4, 0.5) is 5.82 Å². The van der Waals surface area contributed by atoms with Crippen LogP contribution in [0.3, 0.4) is 0 Å². The topological polar surface area (TPSA) is 24.9 Å². The van der Waals surface area contributed by atoms with Crippen molar-refractivity contribution in [3.63, 3.8) is 0 Å². The van der Waals surface area contributed by atoms with Crippen molar-refractivity contribution in [3.05, 3.63) is 52.1 Å². The van der Waals surface area contributed by atoms with Gasteiger partial charge in [-0.3, -0.25) is 0 Å². The van der Waals surface area contributed by atoms with E-state index >= 15 is 0 Å². The molecule has 0 unspecified atom stereocenters. The van der Waals surface area contributed by atoms with E-state index in [1.54, 1.807) is 24.0 Å². The monoisotopic (exact) mass is 312 g/mol. The highest BCUT2D eigenvalue weighted by Crippen LogP contribution is 2.33. The fourth-order valence-electron chi connectivity index (χ4n) is 1.63. The van der Waals surface area contributed by atoms with Gasteiger partial charge in [0.15, 0.2) is 0 Å². The van der Waals surface area contributed by atoms with E-state index in [0.717, 1.165) is 33.6 Å². The first-order valence-electron chi connectivity index (χ1n) is 5.96. The molecule has 0 radical (unpaired) electrons. The minimum Gasteiger partial charge on any atom is -0.370 e. The maximum atomic E-state index is 6.15. The summed E-state index contributed by atoms with van der Waals surface area (Å²) < 4.78 is 0. The summed E-state index contributed by atoms with van der Waals surface area (Å²) in [4.78, 5) is 5.32. The summed E-state index contributed by atoms with van der Waals surface area (Å²) >= 11 is 13.8. The highest BCUT2D eigenvalue weighted by molar-refractivity contribution is 7.98. The average molecular weight is 313 g/mol. The smallest absolute Gasteiger partial charge is 0.129 e. The van der Waals surface area contributed by atoms with Crippen LogP contribution in [-0.4, -0.2) is 11.5 Å². The molecule has 19 heavy (non-hydrogen) atoms. The van der Waals surface area contributed by atoms with E-state index in [4.69, 9.17) is 23.2 Å². The zero-order valence-corrected chi connectivity index (χ0v) is 12.8. The third kappa shape index (κ3) is 4.03. The van der Waals surface area contributed by atoms with E-state index in [0.29, 0.717) is 5.02 Å². The standard InChI is InChI=1S/C14H14Cl2N2S/c1-2-17-14-10(4-3-7-18-14)9-19-13-8-11(15)5-6-12(13)16/h3-8H,2,9H2,1H3,(H,17,18). The van der Waals surface area contributed by atoms with Crippen LogP contribution in [0.15, 0.2) is 41.4 Å². The van der Waals surface area contributed by atoms with Crippen LogP contribution in [0.25, 0.3) is 0 Å². The van der Waals surface area contributed by atoms with Gasteiger partial charge in [0.05, 0.1) is 5.02 Å². The van der Waals surface area contributed by atoms with Gasteiger partial charge in [-0.1, -0.05) is 29.3 Å². The Kier molecular flexibility index (Phi) is 5.37. The van der Waals surface area contributed by atoms with Gasteiger partial charge < -0.3 is 5.32 Å². The minimum absolute atomic E-state index is 0.699. The molecular weight excluding hydrogens is 299 g/mol. The molecule has 1 heterocycles. The molecule has 100 valence electrons. The fourth-order valence-corrected chi connectivity index (χ4v) is 3.10. The molecule has 0 spiro atoms. The van der Waals surface area contributed by atoms with Crippen LogP contribution in [-0.2, 0) is 5.75 Å². The lowest BCUT2D eigenvalue weighted by Crippen LogP contribution is -2.02. The van der Waals surface area contributed by atoms with Gasteiger partial charge in [0.1, 0.15) is 5.82 Å². The third-order valence-corrected chi connectivity index (χ3v) is 4.29. The Hall–Kier alpha value is -0.900. The van der Waals surface area contributed by atoms with Crippen molar-refractivity contribution in [1.29, 1.82) is 0 Å². The molecule has 2 nitrogen and oxygen atoms in total. The van der Waals surface area contributed by atoms with Crippen molar-refractivity contribution in [2.75, 3.05) is 11.9 Å². The number of hydrogen-bond acceptors (Lipinski definition) is 3. The van der Waals surface area contributed by atoms with Crippen molar-refractivity contribution in [1.82, 2.24) is 4.98 Å². The largest absolute Gasteiger partial charge is 0.370 e. The first-order valence-corrected chi connectivity index (χ1v) is 7.70. The number of thioether (sulfide) groups is 1. The second kappa shape index (κ2) is 7.04. The Morgan fingerprint density at radius 3 is 2.89 bits per heavy atom. The van der Waals surface area contributed by atoms with Gasteiger partial charge in [0, 0.05) is 34.0 Å². The zero-order valence-electron chi connectivity index (χ0n) is 10.5. The van der Waals surface area contributed by atoms with Crippen LogP contribution in [0.2, 0.25) is 10.0 Å². The number of anilines is 1. The van der Waals surface area contributed by atoms with E-state index in [1.807, 2.05) is 18.2 Å². The molecule has 0 aliphatic heterocycles. The highest BCUT2D eigenvalue weighted by Gasteiger charge is 2.06. The van der Waals surface area contributed by atoms with Gasteiger partial charge in [-0.15, -0.1) is 11.8 Å². The number of nitrogens with zero attached hydrogens (tertiary/aromatic N) is 1. The summed E-state index contributed by atoms with van der Waals surface area (Å²) in [6.45, 7) is 2.91. The van der Waals surface area contributed by atoms with E-state index in [9.17, 15) is 0 Å². The van der Waals surface area contributed by atoms with Crippen LogP contribution in [0, 0.1) is 0 Å². The SMILES string of the molecule is CCNc1ncccc1CSc1cc(Cl)ccc1Cl. The number of halogens is 2. The van der Waals surface area contributed by atoms with Crippen molar-refractivity contribution in [2.45, 2.75) is 17.6 Å². The molecule has 2 rings (SSSR count). The summed E-state index contributed by atoms with van der Waals surface area (Å²) in [6.07, 6.45) is 1.79. The minimum atomic E-state index is 0.699. The quantitative estimate of drug-likeness (QED) is 0.776. The van der Waals surface area contributed by atoms with Crippen molar-refractivity contribution in [3.8, 4) is 0 Å². The van der Waals surface area contributed by atoms with Crippen LogP contribution in [0.1, 0.15) is 12.5 Å². The summed E-state index contributed by atoms with van der Waals surface area (Å²) in [5, 5.41) is 4.68. The average Bonchev–Trinajstić information content (AvgIpc) is 2.42. The molecule has 0 fully saturated rings. The molecule has 2 aromatic rings. The predicted molar refractivity (Wildman–Crippen MR) is 84.4 cm³/mol. The molecule has 5 heteroatoms. The second-order valence-electron chi connectivity index (χ2n) is 3.90. The van der Waals surface area contributed by atoms with Crippen molar-refractivity contribution in [2.24, 2.45) is 0 Å². The molecule has 1 N–H and O–H groups in total. The second-order valence-corrected chi connectivity index (χ2v) is 5.77. The van der Waals surface area contributed by atoms with Gasteiger partial charge in [0.2, 0.25) is 0 Å². The Bertz CT molecular complexity index is 561. The number of pyridine rings is 1. The van der Waals surface area contributed by atoms with Gasteiger partial charge in [-0.05, 0) is 31.2 Å². The maximum Gasteiger partial charge on any atom is 0.129 e. The molecule has 0 bridgehead atoms. The molecule has 1 aromatic heterocycles. The Morgan fingerprint density at radius 2 is 2.11 bits per heavy atom. The molecule has 1 aromatic carbocycles. The first kappa shape index (κ1) is 14.5. The molecule has 0 aliphatic rings. The molecule has 0 amide bonds. The first-order chi connectivity index (χ1) is 9.20. The summed E-state index contributed by atoms with van der Waals surface area (Å²) in [7, 11) is 0. The number of aromatic nitrogens is 1. The van der Waals surface area contributed by atoms with Crippen LogP contribution >= 0.6 is 35.0 Å². The lowest BCUT2D eigenvalue weighted by Gasteiger charge is -2.09. The van der Waals surface area contributed by atoms with E-state index in [2.05, 4.69) is 23.3 Å². The van der Waals surface area contributed by atoms with Crippen molar-refractivity contribution >= 4 is 40.8 Å². The molecule has 0 aliphatic carbocycles. The molecule has 0 saturated carbocycles. The van der Waals surface area contributed by atoms with Crippen LogP contribution in [0.5, 0.6) is 0 Å². The lowest BCUT2D eigenvalue weighted by molar-refractivity contribution is 1.13. The number of benzene rings is 1. The summed E-state index contributed by atoms with van der Waals surface area (Å²) in [6, 6.07) is 9.51. The Labute approximate surface area is 127 Å². The van der Waals surface area contributed by atoms with Gasteiger partial charge in [-0.25, -0.2) is 4.98 Å². The molecular formula is C14H14Cl2N2S.